The molecule has 0 saturated carbocycles. The Labute approximate surface area is 277 Å². The van der Waals surface area contributed by atoms with Crippen LogP contribution in [0.3, 0.4) is 0 Å². The highest BCUT2D eigenvalue weighted by atomic mass is 35.5. The number of nitrogens with zero attached hydrogens (tertiary/aromatic N) is 3. The van der Waals surface area contributed by atoms with E-state index in [1.807, 2.05) is 136 Å². The van der Waals surface area contributed by atoms with Crippen LogP contribution in [0.5, 0.6) is 0 Å². The molecule has 1 heterocycles. The average molecular weight is 658 g/mol. The van der Waals surface area contributed by atoms with Crippen molar-refractivity contribution in [3.63, 3.8) is 0 Å². The third-order valence-corrected chi connectivity index (χ3v) is 9.60. The molecule has 0 amide bonds. The zero-order valence-electron chi connectivity index (χ0n) is 26.2. The quantitative estimate of drug-likeness (QED) is 0.132. The summed E-state index contributed by atoms with van der Waals surface area (Å²) in [6, 6.07) is 35.6. The molecule has 0 bridgehead atoms. The van der Waals surface area contributed by atoms with Crippen LogP contribution in [0.1, 0.15) is 13.8 Å². The number of hydrogen-bond donors (Lipinski definition) is 0. The fourth-order valence-corrected chi connectivity index (χ4v) is 6.79. The molecule has 1 unspecified atom stereocenters. The third-order valence-electron chi connectivity index (χ3n) is 7.57. The van der Waals surface area contributed by atoms with Crippen LogP contribution in [0.25, 0.3) is 33.4 Å². The Morgan fingerprint density at radius 3 is 2.11 bits per heavy atom. The average Bonchev–Trinajstić information content (AvgIpc) is 3.07. The summed E-state index contributed by atoms with van der Waals surface area (Å²) < 4.78 is 23.9. The van der Waals surface area contributed by atoms with E-state index in [0.29, 0.717) is 21.4 Å². The lowest BCUT2D eigenvalue weighted by molar-refractivity contribution is 0.603. The van der Waals surface area contributed by atoms with E-state index in [1.54, 1.807) is 4.31 Å². The van der Waals surface area contributed by atoms with Gasteiger partial charge in [-0.3, -0.25) is 0 Å². The molecule has 6 rings (SSSR count). The maximum atomic E-state index is 13.5. The van der Waals surface area contributed by atoms with E-state index >= 15 is 0 Å². The molecule has 4 aromatic rings. The van der Waals surface area contributed by atoms with E-state index in [2.05, 4.69) is 24.3 Å². The second-order valence-corrected chi connectivity index (χ2v) is 12.9. The zero-order chi connectivity index (χ0) is 32.2. The first-order valence-corrected chi connectivity index (χ1v) is 16.6. The SMILES string of the molecule is CC.CN(c1ccc2c(-c3ccccc3S(=O)N(C)C)c3ccc(=[N+](C)c4ccccc4Cl)cc-3oc2c1)c1ccccc1Cl. The van der Waals surface area contributed by atoms with Gasteiger partial charge < -0.3 is 9.32 Å². The molecular formula is C37H36Cl2N3O2S+. The largest absolute Gasteiger partial charge is 0.456 e. The van der Waals surface area contributed by atoms with Crippen LogP contribution >= 0.6 is 23.2 Å². The molecule has 4 aromatic carbocycles. The Balaban J connectivity index is 0.00000196. The monoisotopic (exact) mass is 656 g/mol. The summed E-state index contributed by atoms with van der Waals surface area (Å²) >= 11 is 13.1. The van der Waals surface area contributed by atoms with E-state index in [0.717, 1.165) is 49.4 Å². The van der Waals surface area contributed by atoms with E-state index in [-0.39, 0.29) is 0 Å². The van der Waals surface area contributed by atoms with Crippen LogP contribution in [0.15, 0.2) is 119 Å². The maximum absolute atomic E-state index is 13.5. The fourth-order valence-electron chi connectivity index (χ4n) is 5.32. The molecule has 0 fully saturated rings. The third kappa shape index (κ3) is 6.42. The van der Waals surface area contributed by atoms with E-state index in [4.69, 9.17) is 27.6 Å². The lowest BCUT2D eigenvalue weighted by atomic mass is 9.93. The summed E-state index contributed by atoms with van der Waals surface area (Å²) in [7, 11) is 6.24. The molecule has 1 aliphatic heterocycles. The lowest BCUT2D eigenvalue weighted by Gasteiger charge is -2.22. The minimum absolute atomic E-state index is 0.661. The number of hydrogen-bond acceptors (Lipinski definition) is 3. The van der Waals surface area contributed by atoms with Gasteiger partial charge in [0.2, 0.25) is 11.0 Å². The molecule has 5 nitrogen and oxygen atoms in total. The first kappa shape index (κ1) is 32.5. The van der Waals surface area contributed by atoms with E-state index in [9.17, 15) is 4.21 Å². The molecule has 45 heavy (non-hydrogen) atoms. The smallest absolute Gasteiger partial charge is 0.224 e. The van der Waals surface area contributed by atoms with Gasteiger partial charge in [0.1, 0.15) is 34.4 Å². The van der Waals surface area contributed by atoms with Crippen LogP contribution in [-0.2, 0) is 11.0 Å². The van der Waals surface area contributed by atoms with Crippen LogP contribution < -0.4 is 14.8 Å². The molecule has 0 aromatic heterocycles. The second kappa shape index (κ2) is 14.0. The van der Waals surface area contributed by atoms with Crippen molar-refractivity contribution in [1.82, 2.24) is 8.88 Å². The number of para-hydroxylation sites is 2. The number of fused-ring (bicyclic) bond motifs is 2. The topological polar surface area (TPSA) is 39.7 Å². The first-order valence-electron chi connectivity index (χ1n) is 14.7. The first-order chi connectivity index (χ1) is 21.7. The molecular weight excluding hydrogens is 621 g/mol. The van der Waals surface area contributed by atoms with Crippen molar-refractivity contribution in [1.29, 1.82) is 0 Å². The van der Waals surface area contributed by atoms with Crippen LogP contribution in [0, 0.1) is 0 Å². The van der Waals surface area contributed by atoms with Gasteiger partial charge in [-0.1, -0.05) is 79.5 Å². The summed E-state index contributed by atoms with van der Waals surface area (Å²) in [5, 5.41) is 3.16. The van der Waals surface area contributed by atoms with Crippen molar-refractivity contribution in [2.75, 3.05) is 33.1 Å². The summed E-state index contributed by atoms with van der Waals surface area (Å²) in [5.74, 6) is 0.696. The molecule has 1 atom stereocenters. The molecule has 0 spiro atoms. The van der Waals surface area contributed by atoms with Crippen molar-refractivity contribution >= 4 is 62.2 Å². The Morgan fingerprint density at radius 1 is 0.733 bits per heavy atom. The molecule has 0 N–H and O–H groups in total. The van der Waals surface area contributed by atoms with Gasteiger partial charge >= 0.3 is 0 Å². The maximum Gasteiger partial charge on any atom is 0.224 e. The molecule has 1 aliphatic carbocycles. The molecule has 2 aliphatic rings. The predicted molar refractivity (Wildman–Crippen MR) is 192 cm³/mol. The summed E-state index contributed by atoms with van der Waals surface area (Å²) in [6.07, 6.45) is 0. The minimum atomic E-state index is -1.35. The van der Waals surface area contributed by atoms with Crippen LogP contribution in [-0.4, -0.2) is 36.7 Å². The van der Waals surface area contributed by atoms with Gasteiger partial charge in [0.05, 0.1) is 21.7 Å². The molecule has 0 saturated heterocycles. The number of benzene rings is 5. The standard InChI is InChI=1S/C35H30Cl2N3O2S.C2H6/c1-38(2)43(41)34-16-10-5-11-27(34)35-25-19-17-23(39(3)30-14-8-6-12-28(30)36)21-32(25)42-33-22-24(18-20-26(33)35)40(4)31-15-9-7-13-29(31)37;1-2/h5-22H,1-4H3;1-2H3/q+1;. The van der Waals surface area contributed by atoms with Gasteiger partial charge in [0.15, 0.2) is 0 Å². The van der Waals surface area contributed by atoms with E-state index in [1.165, 1.54) is 0 Å². The molecule has 8 heteroatoms. The summed E-state index contributed by atoms with van der Waals surface area (Å²) in [4.78, 5) is 2.77. The number of halogens is 2. The summed E-state index contributed by atoms with van der Waals surface area (Å²) in [5.41, 5.74) is 6.16. The minimum Gasteiger partial charge on any atom is -0.456 e. The number of rotatable bonds is 6. The van der Waals surface area contributed by atoms with Crippen LogP contribution in [0.2, 0.25) is 10.0 Å². The van der Waals surface area contributed by atoms with Gasteiger partial charge in [0.25, 0.3) is 0 Å². The Morgan fingerprint density at radius 2 is 1.40 bits per heavy atom. The predicted octanol–water partition coefficient (Wildman–Crippen LogP) is 9.62. The second-order valence-electron chi connectivity index (χ2n) is 10.4. The Bertz CT molecular complexity index is 2050. The molecule has 230 valence electrons. The van der Waals surface area contributed by atoms with Crippen LogP contribution in [0.4, 0.5) is 17.1 Å². The van der Waals surface area contributed by atoms with Gasteiger partial charge in [-0.25, -0.2) is 8.51 Å². The summed E-state index contributed by atoms with van der Waals surface area (Å²) in [6.45, 7) is 4.00. The normalized spacial score (nSPS) is 12.6. The Kier molecular flexibility index (Phi) is 10.1. The molecule has 0 radical (unpaired) electrons. The highest BCUT2D eigenvalue weighted by molar-refractivity contribution is 7.82. The van der Waals surface area contributed by atoms with E-state index < -0.39 is 11.0 Å². The zero-order valence-corrected chi connectivity index (χ0v) is 28.5. The van der Waals surface area contributed by atoms with Crippen molar-refractivity contribution in [2.24, 2.45) is 0 Å². The highest BCUT2D eigenvalue weighted by Crippen LogP contribution is 2.43. The van der Waals surface area contributed by atoms with Gasteiger partial charge in [-0.05, 0) is 56.6 Å². The van der Waals surface area contributed by atoms with Gasteiger partial charge in [0, 0.05) is 53.0 Å². The van der Waals surface area contributed by atoms with Gasteiger partial charge in [-0.15, -0.1) is 0 Å². The highest BCUT2D eigenvalue weighted by Gasteiger charge is 2.23. The lowest BCUT2D eigenvalue weighted by Crippen LogP contribution is -2.21. The van der Waals surface area contributed by atoms with Crippen molar-refractivity contribution < 1.29 is 8.63 Å². The Hall–Kier alpha value is -3.94. The van der Waals surface area contributed by atoms with Crippen molar-refractivity contribution in [2.45, 2.75) is 18.7 Å². The number of anilines is 2. The van der Waals surface area contributed by atoms with Gasteiger partial charge in [-0.2, -0.15) is 4.58 Å². The van der Waals surface area contributed by atoms with Crippen molar-refractivity contribution in [3.05, 3.63) is 125 Å². The fraction of sp³-hybridized carbons (Fsp3) is 0.162. The van der Waals surface area contributed by atoms with Crippen molar-refractivity contribution in [3.8, 4) is 22.5 Å².